The fourth-order valence-corrected chi connectivity index (χ4v) is 3.51. The largest absolute Gasteiger partial charge is 0.342 e. The number of amides is 1. The Morgan fingerprint density at radius 3 is 3.00 bits per heavy atom. The van der Waals surface area contributed by atoms with Crippen molar-refractivity contribution in [2.75, 3.05) is 6.54 Å². The van der Waals surface area contributed by atoms with E-state index >= 15 is 0 Å². The third kappa shape index (κ3) is 3.24. The van der Waals surface area contributed by atoms with Crippen LogP contribution in [0, 0.1) is 6.92 Å². The normalized spacial score (nSPS) is 17.3. The fourth-order valence-electron chi connectivity index (χ4n) is 3.51. The maximum absolute atomic E-state index is 12.7. The molecule has 128 valence electrons. The second-order valence-electron chi connectivity index (χ2n) is 6.53. The molecule has 0 saturated carbocycles. The molecule has 1 aliphatic heterocycles. The SMILES string of the molecule is Cc1cncc(C2CCCN2C(=O)CCc2nc3ccccc3[nH]2)n1. The van der Waals surface area contributed by atoms with Crippen molar-refractivity contribution in [2.45, 2.75) is 38.6 Å². The van der Waals surface area contributed by atoms with Crippen LogP contribution in [0.1, 0.15) is 42.5 Å². The molecule has 3 heterocycles. The first-order valence-corrected chi connectivity index (χ1v) is 8.72. The maximum Gasteiger partial charge on any atom is 0.223 e. The van der Waals surface area contributed by atoms with Crippen LogP contribution in [0.5, 0.6) is 0 Å². The molecule has 1 saturated heterocycles. The van der Waals surface area contributed by atoms with Crippen LogP contribution in [0.2, 0.25) is 0 Å². The van der Waals surface area contributed by atoms with Gasteiger partial charge in [-0.25, -0.2) is 4.98 Å². The van der Waals surface area contributed by atoms with Crippen LogP contribution in [0.3, 0.4) is 0 Å². The predicted molar refractivity (Wildman–Crippen MR) is 94.9 cm³/mol. The van der Waals surface area contributed by atoms with Gasteiger partial charge in [-0.05, 0) is 31.9 Å². The Kier molecular flexibility index (Phi) is 4.17. The van der Waals surface area contributed by atoms with Crippen LogP contribution < -0.4 is 0 Å². The van der Waals surface area contributed by atoms with E-state index in [1.54, 1.807) is 12.4 Å². The Hall–Kier alpha value is -2.76. The third-order valence-electron chi connectivity index (χ3n) is 4.70. The number of aromatic nitrogens is 4. The molecular formula is C19H21N5O. The number of H-pyrrole nitrogens is 1. The Labute approximate surface area is 146 Å². The van der Waals surface area contributed by atoms with Gasteiger partial charge in [-0.1, -0.05) is 12.1 Å². The number of hydrogen-bond donors (Lipinski definition) is 1. The first-order chi connectivity index (χ1) is 12.2. The highest BCUT2D eigenvalue weighted by atomic mass is 16.2. The summed E-state index contributed by atoms with van der Waals surface area (Å²) in [5.74, 6) is 1.02. The van der Waals surface area contributed by atoms with E-state index in [-0.39, 0.29) is 11.9 Å². The highest BCUT2D eigenvalue weighted by Gasteiger charge is 2.30. The summed E-state index contributed by atoms with van der Waals surface area (Å²) >= 11 is 0. The van der Waals surface area contributed by atoms with Crippen molar-refractivity contribution >= 4 is 16.9 Å². The summed E-state index contributed by atoms with van der Waals surface area (Å²) in [4.78, 5) is 31.3. The molecule has 0 bridgehead atoms. The smallest absolute Gasteiger partial charge is 0.223 e. The predicted octanol–water partition coefficient (Wildman–Crippen LogP) is 2.96. The lowest BCUT2D eigenvalue weighted by atomic mass is 10.1. The van der Waals surface area contributed by atoms with Crippen LogP contribution in [-0.2, 0) is 11.2 Å². The molecule has 0 spiro atoms. The maximum atomic E-state index is 12.7. The quantitative estimate of drug-likeness (QED) is 0.795. The Balaban J connectivity index is 1.44. The van der Waals surface area contributed by atoms with E-state index in [0.29, 0.717) is 12.8 Å². The van der Waals surface area contributed by atoms with Crippen LogP contribution in [-0.4, -0.2) is 37.3 Å². The lowest BCUT2D eigenvalue weighted by molar-refractivity contribution is -0.132. The molecule has 6 nitrogen and oxygen atoms in total. The monoisotopic (exact) mass is 335 g/mol. The molecule has 3 aromatic rings. The zero-order valence-corrected chi connectivity index (χ0v) is 14.3. The van der Waals surface area contributed by atoms with Gasteiger partial charge in [-0.15, -0.1) is 0 Å². The lowest BCUT2D eigenvalue weighted by Gasteiger charge is -2.24. The van der Waals surface area contributed by atoms with Crippen molar-refractivity contribution in [1.82, 2.24) is 24.8 Å². The third-order valence-corrected chi connectivity index (χ3v) is 4.70. The van der Waals surface area contributed by atoms with Gasteiger partial charge < -0.3 is 9.88 Å². The Bertz CT molecular complexity index is 870. The summed E-state index contributed by atoms with van der Waals surface area (Å²) in [7, 11) is 0. The number of aromatic amines is 1. The molecular weight excluding hydrogens is 314 g/mol. The van der Waals surface area contributed by atoms with Gasteiger partial charge in [0.15, 0.2) is 0 Å². The van der Waals surface area contributed by atoms with Crippen molar-refractivity contribution in [3.05, 3.63) is 53.9 Å². The van der Waals surface area contributed by atoms with Gasteiger partial charge in [0, 0.05) is 25.6 Å². The molecule has 1 amide bonds. The topological polar surface area (TPSA) is 74.8 Å². The van der Waals surface area contributed by atoms with E-state index in [4.69, 9.17) is 0 Å². The number of nitrogens with zero attached hydrogens (tertiary/aromatic N) is 4. The second kappa shape index (κ2) is 6.63. The molecule has 4 rings (SSSR count). The number of para-hydroxylation sites is 2. The van der Waals surface area contributed by atoms with Gasteiger partial charge in [-0.3, -0.25) is 14.8 Å². The summed E-state index contributed by atoms with van der Waals surface area (Å²) < 4.78 is 0. The number of carbonyl (C=O) groups excluding carboxylic acids is 1. The molecule has 6 heteroatoms. The molecule has 1 atom stereocenters. The lowest BCUT2D eigenvalue weighted by Crippen LogP contribution is -2.31. The van der Waals surface area contributed by atoms with E-state index in [1.165, 1.54) is 0 Å². The zero-order valence-electron chi connectivity index (χ0n) is 14.3. The van der Waals surface area contributed by atoms with Gasteiger partial charge in [-0.2, -0.15) is 0 Å². The first kappa shape index (κ1) is 15.7. The number of nitrogens with one attached hydrogen (secondary N) is 1. The van der Waals surface area contributed by atoms with E-state index < -0.39 is 0 Å². The zero-order chi connectivity index (χ0) is 17.2. The van der Waals surface area contributed by atoms with E-state index in [0.717, 1.165) is 47.6 Å². The Morgan fingerprint density at radius 2 is 2.16 bits per heavy atom. The number of imidazole rings is 1. The minimum Gasteiger partial charge on any atom is -0.342 e. The van der Waals surface area contributed by atoms with E-state index in [2.05, 4.69) is 19.9 Å². The van der Waals surface area contributed by atoms with Gasteiger partial charge >= 0.3 is 0 Å². The fraction of sp³-hybridized carbons (Fsp3) is 0.368. The highest BCUT2D eigenvalue weighted by molar-refractivity contribution is 5.78. The molecule has 0 radical (unpaired) electrons. The van der Waals surface area contributed by atoms with Gasteiger partial charge in [0.1, 0.15) is 5.82 Å². The van der Waals surface area contributed by atoms with Crippen LogP contribution in [0.4, 0.5) is 0 Å². The highest BCUT2D eigenvalue weighted by Crippen LogP contribution is 2.31. The molecule has 1 N–H and O–H groups in total. The average Bonchev–Trinajstić information content (AvgIpc) is 3.26. The van der Waals surface area contributed by atoms with Crippen molar-refractivity contribution in [3.63, 3.8) is 0 Å². The summed E-state index contributed by atoms with van der Waals surface area (Å²) in [6, 6.07) is 7.98. The van der Waals surface area contributed by atoms with Crippen molar-refractivity contribution in [3.8, 4) is 0 Å². The molecule has 25 heavy (non-hydrogen) atoms. The summed E-state index contributed by atoms with van der Waals surface area (Å²) in [5, 5.41) is 0. The molecule has 1 aliphatic rings. The minimum atomic E-state index is 0.0515. The molecule has 2 aromatic heterocycles. The standard InChI is InChI=1S/C19H21N5O/c1-13-11-20-12-16(21-13)17-7-4-10-24(17)19(25)9-8-18-22-14-5-2-3-6-15(14)23-18/h2-3,5-6,11-12,17H,4,7-10H2,1H3,(H,22,23). The molecule has 0 aliphatic carbocycles. The van der Waals surface area contributed by atoms with Crippen molar-refractivity contribution in [2.24, 2.45) is 0 Å². The van der Waals surface area contributed by atoms with Gasteiger partial charge in [0.05, 0.1) is 34.7 Å². The summed E-state index contributed by atoms with van der Waals surface area (Å²) in [6.45, 7) is 2.72. The van der Waals surface area contributed by atoms with Crippen LogP contribution >= 0.6 is 0 Å². The number of aryl methyl sites for hydroxylation is 2. The van der Waals surface area contributed by atoms with Crippen molar-refractivity contribution < 1.29 is 4.79 Å². The van der Waals surface area contributed by atoms with Crippen LogP contribution in [0.15, 0.2) is 36.7 Å². The molecule has 1 unspecified atom stereocenters. The second-order valence-corrected chi connectivity index (χ2v) is 6.53. The first-order valence-electron chi connectivity index (χ1n) is 8.72. The number of fused-ring (bicyclic) bond motifs is 1. The van der Waals surface area contributed by atoms with Gasteiger partial charge in [0.2, 0.25) is 5.91 Å². The number of likely N-dealkylation sites (tertiary alicyclic amines) is 1. The summed E-state index contributed by atoms with van der Waals surface area (Å²) in [6.07, 6.45) is 6.56. The van der Waals surface area contributed by atoms with Gasteiger partial charge in [0.25, 0.3) is 0 Å². The van der Waals surface area contributed by atoms with E-state index in [1.807, 2.05) is 36.1 Å². The van der Waals surface area contributed by atoms with Crippen molar-refractivity contribution in [1.29, 1.82) is 0 Å². The number of carbonyl (C=O) groups is 1. The summed E-state index contributed by atoms with van der Waals surface area (Å²) in [5.41, 5.74) is 3.74. The number of rotatable bonds is 4. The number of hydrogen-bond acceptors (Lipinski definition) is 4. The van der Waals surface area contributed by atoms with E-state index in [9.17, 15) is 4.79 Å². The van der Waals surface area contributed by atoms with Crippen LogP contribution in [0.25, 0.3) is 11.0 Å². The minimum absolute atomic E-state index is 0.0515. The molecule has 1 fully saturated rings. The Morgan fingerprint density at radius 1 is 1.28 bits per heavy atom. The molecule has 1 aromatic carbocycles. The average molecular weight is 335 g/mol. The number of benzene rings is 1.